The SMILES string of the molecule is Cc1cn2cc(NC(=O)c3ccc(N4CCN(N(C)C)CC4)c4nccnc34)cc(F)c2n1. The minimum absolute atomic E-state index is 0.223. The van der Waals surface area contributed by atoms with E-state index in [0.717, 1.165) is 31.9 Å². The number of aryl methyl sites for hydroxylation is 1. The van der Waals surface area contributed by atoms with Gasteiger partial charge in [0.1, 0.15) is 11.0 Å². The molecule has 1 aromatic carbocycles. The van der Waals surface area contributed by atoms with E-state index in [1.807, 2.05) is 20.2 Å². The average molecular weight is 449 g/mol. The topological polar surface area (TPSA) is 81.9 Å². The van der Waals surface area contributed by atoms with Gasteiger partial charge < -0.3 is 14.6 Å². The van der Waals surface area contributed by atoms with Crippen LogP contribution in [0.25, 0.3) is 16.7 Å². The Hall–Kier alpha value is -3.63. The highest BCUT2D eigenvalue weighted by Crippen LogP contribution is 2.28. The lowest BCUT2D eigenvalue weighted by molar-refractivity contribution is 0.0201. The maximum absolute atomic E-state index is 14.4. The molecule has 1 amide bonds. The van der Waals surface area contributed by atoms with E-state index in [4.69, 9.17) is 0 Å². The number of benzene rings is 1. The summed E-state index contributed by atoms with van der Waals surface area (Å²) in [6, 6.07) is 4.95. The number of rotatable bonds is 4. The van der Waals surface area contributed by atoms with E-state index >= 15 is 0 Å². The number of aromatic nitrogens is 4. The number of carbonyl (C=O) groups is 1. The van der Waals surface area contributed by atoms with Crippen molar-refractivity contribution >= 4 is 34.0 Å². The number of nitrogens with zero attached hydrogens (tertiary/aromatic N) is 7. The van der Waals surface area contributed by atoms with Crippen molar-refractivity contribution in [1.29, 1.82) is 0 Å². The van der Waals surface area contributed by atoms with Gasteiger partial charge in [-0.2, -0.15) is 0 Å². The van der Waals surface area contributed by atoms with Gasteiger partial charge in [0.25, 0.3) is 5.91 Å². The zero-order valence-electron chi connectivity index (χ0n) is 18.8. The van der Waals surface area contributed by atoms with Crippen molar-refractivity contribution in [1.82, 2.24) is 29.4 Å². The molecule has 170 valence electrons. The Balaban J connectivity index is 1.44. The van der Waals surface area contributed by atoms with Gasteiger partial charge in [-0.15, -0.1) is 0 Å². The van der Waals surface area contributed by atoms with Crippen LogP contribution >= 0.6 is 0 Å². The summed E-state index contributed by atoms with van der Waals surface area (Å²) in [6.45, 7) is 5.28. The molecule has 0 radical (unpaired) electrons. The van der Waals surface area contributed by atoms with Crippen LogP contribution in [0.2, 0.25) is 0 Å². The Morgan fingerprint density at radius 3 is 2.52 bits per heavy atom. The molecule has 3 aromatic heterocycles. The first kappa shape index (κ1) is 21.2. The summed E-state index contributed by atoms with van der Waals surface area (Å²) in [7, 11) is 4.09. The number of nitrogens with one attached hydrogen (secondary N) is 1. The molecule has 1 aliphatic rings. The number of pyridine rings is 1. The van der Waals surface area contributed by atoms with E-state index < -0.39 is 5.82 Å². The quantitative estimate of drug-likeness (QED) is 0.514. The van der Waals surface area contributed by atoms with Gasteiger partial charge in [0.05, 0.1) is 22.6 Å². The van der Waals surface area contributed by atoms with E-state index in [0.29, 0.717) is 28.0 Å². The van der Waals surface area contributed by atoms with Crippen LogP contribution in [0.3, 0.4) is 0 Å². The second-order valence-corrected chi connectivity index (χ2v) is 8.32. The zero-order valence-corrected chi connectivity index (χ0v) is 18.8. The van der Waals surface area contributed by atoms with E-state index in [-0.39, 0.29) is 11.6 Å². The van der Waals surface area contributed by atoms with Gasteiger partial charge >= 0.3 is 0 Å². The summed E-state index contributed by atoms with van der Waals surface area (Å²) >= 11 is 0. The molecule has 0 spiro atoms. The van der Waals surface area contributed by atoms with Crippen LogP contribution in [-0.4, -0.2) is 75.6 Å². The zero-order chi connectivity index (χ0) is 23.1. The summed E-state index contributed by atoms with van der Waals surface area (Å²) in [6.07, 6.45) is 6.56. The number of anilines is 2. The van der Waals surface area contributed by atoms with Crippen LogP contribution in [0.5, 0.6) is 0 Å². The Labute approximate surface area is 190 Å². The first-order chi connectivity index (χ1) is 15.9. The molecule has 1 saturated heterocycles. The largest absolute Gasteiger partial charge is 0.367 e. The van der Waals surface area contributed by atoms with E-state index in [9.17, 15) is 9.18 Å². The lowest BCUT2D eigenvalue weighted by Crippen LogP contribution is -2.51. The summed E-state index contributed by atoms with van der Waals surface area (Å²) in [5, 5.41) is 7.18. The number of imidazole rings is 1. The van der Waals surface area contributed by atoms with Crippen LogP contribution < -0.4 is 10.2 Å². The molecule has 1 fully saturated rings. The van der Waals surface area contributed by atoms with Gasteiger partial charge in [0.2, 0.25) is 0 Å². The molecule has 0 aliphatic carbocycles. The predicted molar refractivity (Wildman–Crippen MR) is 125 cm³/mol. The van der Waals surface area contributed by atoms with Crippen LogP contribution in [0.1, 0.15) is 16.1 Å². The van der Waals surface area contributed by atoms with Crippen molar-refractivity contribution in [3.05, 3.63) is 60.1 Å². The fraction of sp³-hybridized carbons (Fsp3) is 0.304. The number of halogens is 1. The van der Waals surface area contributed by atoms with Crippen molar-refractivity contribution in [2.24, 2.45) is 0 Å². The first-order valence-corrected chi connectivity index (χ1v) is 10.8. The van der Waals surface area contributed by atoms with Gasteiger partial charge in [-0.25, -0.2) is 19.4 Å². The van der Waals surface area contributed by atoms with E-state index in [1.165, 1.54) is 6.07 Å². The Morgan fingerprint density at radius 1 is 1.06 bits per heavy atom. The molecular weight excluding hydrogens is 423 g/mol. The smallest absolute Gasteiger partial charge is 0.257 e. The number of hydrogen-bond donors (Lipinski definition) is 1. The molecule has 0 bridgehead atoms. The number of fused-ring (bicyclic) bond motifs is 2. The molecule has 5 rings (SSSR count). The minimum atomic E-state index is -0.502. The fourth-order valence-electron chi connectivity index (χ4n) is 4.26. The standard InChI is InChI=1S/C23H25FN8O/c1-15-13-31-14-16(12-18(24)22(31)27-15)28-23(33)17-4-5-19(21-20(17)25-6-7-26-21)30-8-10-32(11-9-30)29(2)3/h4-7,12-14H,8-11H2,1-3H3,(H,28,33). The van der Waals surface area contributed by atoms with Gasteiger partial charge in [0.15, 0.2) is 11.5 Å². The fourth-order valence-corrected chi connectivity index (χ4v) is 4.26. The monoisotopic (exact) mass is 448 g/mol. The summed E-state index contributed by atoms with van der Waals surface area (Å²) in [4.78, 5) is 28.5. The molecule has 0 atom stereocenters. The number of carbonyl (C=O) groups excluding carboxylic acids is 1. The van der Waals surface area contributed by atoms with Gasteiger partial charge in [-0.3, -0.25) is 14.8 Å². The van der Waals surface area contributed by atoms with Crippen LogP contribution in [0, 0.1) is 12.7 Å². The average Bonchev–Trinajstić information content (AvgIpc) is 3.19. The minimum Gasteiger partial charge on any atom is -0.367 e. The lowest BCUT2D eigenvalue weighted by atomic mass is 10.1. The second-order valence-electron chi connectivity index (χ2n) is 8.32. The second kappa shape index (κ2) is 8.38. The number of amides is 1. The maximum Gasteiger partial charge on any atom is 0.257 e. The molecule has 0 unspecified atom stereocenters. The molecular formula is C23H25FN8O. The van der Waals surface area contributed by atoms with Crippen molar-refractivity contribution < 1.29 is 9.18 Å². The third-order valence-electron chi connectivity index (χ3n) is 5.90. The molecule has 0 saturated carbocycles. The van der Waals surface area contributed by atoms with Crippen molar-refractivity contribution in [3.8, 4) is 0 Å². The first-order valence-electron chi connectivity index (χ1n) is 10.8. The maximum atomic E-state index is 14.4. The Morgan fingerprint density at radius 2 is 1.79 bits per heavy atom. The highest BCUT2D eigenvalue weighted by atomic mass is 19.1. The summed E-state index contributed by atoms with van der Waals surface area (Å²) < 4.78 is 16.0. The van der Waals surface area contributed by atoms with Gasteiger partial charge in [0, 0.05) is 71.1 Å². The Bertz CT molecular complexity index is 1340. The highest BCUT2D eigenvalue weighted by Gasteiger charge is 2.23. The molecule has 1 aliphatic heterocycles. The Kier molecular flexibility index (Phi) is 5.39. The van der Waals surface area contributed by atoms with Crippen molar-refractivity contribution in [2.45, 2.75) is 6.92 Å². The van der Waals surface area contributed by atoms with Crippen LogP contribution in [-0.2, 0) is 0 Å². The summed E-state index contributed by atoms with van der Waals surface area (Å²) in [5.41, 5.74) is 3.79. The highest BCUT2D eigenvalue weighted by molar-refractivity contribution is 6.13. The molecule has 33 heavy (non-hydrogen) atoms. The van der Waals surface area contributed by atoms with Crippen molar-refractivity contribution in [3.63, 3.8) is 0 Å². The normalized spacial score (nSPS) is 15.0. The van der Waals surface area contributed by atoms with E-state index in [1.54, 1.807) is 42.2 Å². The van der Waals surface area contributed by atoms with Crippen molar-refractivity contribution in [2.75, 3.05) is 50.5 Å². The lowest BCUT2D eigenvalue weighted by Gasteiger charge is -2.39. The number of hydrazine groups is 1. The third-order valence-corrected chi connectivity index (χ3v) is 5.90. The predicted octanol–water partition coefficient (Wildman–Crippen LogP) is 2.58. The summed E-state index contributed by atoms with van der Waals surface area (Å²) in [5.74, 6) is -0.877. The van der Waals surface area contributed by atoms with E-state index in [2.05, 4.69) is 35.2 Å². The molecule has 4 heterocycles. The van der Waals surface area contributed by atoms with Crippen LogP contribution in [0.4, 0.5) is 15.8 Å². The molecule has 4 aromatic rings. The van der Waals surface area contributed by atoms with Gasteiger partial charge in [-0.1, -0.05) is 0 Å². The molecule has 9 nitrogen and oxygen atoms in total. The third kappa shape index (κ3) is 3.98. The van der Waals surface area contributed by atoms with Crippen LogP contribution in [0.15, 0.2) is 43.0 Å². The molecule has 10 heteroatoms. The number of piperazine rings is 1. The number of hydrogen-bond acceptors (Lipinski definition) is 7. The molecule has 1 N–H and O–H groups in total. The van der Waals surface area contributed by atoms with Gasteiger partial charge in [-0.05, 0) is 19.1 Å².